The fourth-order valence-electron chi connectivity index (χ4n) is 3.38. The summed E-state index contributed by atoms with van der Waals surface area (Å²) in [5.74, 6) is -0.539. The predicted octanol–water partition coefficient (Wildman–Crippen LogP) is 2.48. The Balaban J connectivity index is 1.73. The highest BCUT2D eigenvalue weighted by Crippen LogP contribution is 2.29. The standard InChI is InChI=1S/C18H26FN3O2/c1-2-21-10-11-24-17(13-21)18(23)20-15-12-14(19)6-7-16(15)22-8-4-3-5-9-22/h6-7,12,17H,2-5,8-11,13H2,1H3,(H,20,23)/t17-/m1/s1. The Kier molecular flexibility index (Phi) is 5.68. The molecule has 0 bridgehead atoms. The van der Waals surface area contributed by atoms with Gasteiger partial charge in [0.05, 0.1) is 18.0 Å². The molecule has 2 aliphatic rings. The normalized spacial score (nSPS) is 22.4. The van der Waals surface area contributed by atoms with Crippen LogP contribution in [0.5, 0.6) is 0 Å². The molecular formula is C18H26FN3O2. The Morgan fingerprint density at radius 1 is 1.29 bits per heavy atom. The summed E-state index contributed by atoms with van der Waals surface area (Å²) in [5, 5.41) is 2.89. The predicted molar refractivity (Wildman–Crippen MR) is 92.9 cm³/mol. The van der Waals surface area contributed by atoms with Crippen molar-refractivity contribution in [3.8, 4) is 0 Å². The Bertz CT molecular complexity index is 575. The molecule has 1 amide bonds. The molecule has 6 heteroatoms. The van der Waals surface area contributed by atoms with Gasteiger partial charge in [0.15, 0.2) is 0 Å². The van der Waals surface area contributed by atoms with Crippen molar-refractivity contribution in [3.63, 3.8) is 0 Å². The van der Waals surface area contributed by atoms with Gasteiger partial charge < -0.3 is 15.0 Å². The number of carbonyl (C=O) groups excluding carboxylic acids is 1. The number of hydrogen-bond donors (Lipinski definition) is 1. The van der Waals surface area contributed by atoms with E-state index >= 15 is 0 Å². The summed E-state index contributed by atoms with van der Waals surface area (Å²) in [4.78, 5) is 17.0. The van der Waals surface area contributed by atoms with Gasteiger partial charge in [-0.3, -0.25) is 9.69 Å². The molecule has 0 saturated carbocycles. The molecule has 0 aliphatic carbocycles. The van der Waals surface area contributed by atoms with E-state index in [1.807, 2.05) is 0 Å². The maximum absolute atomic E-state index is 13.7. The van der Waals surface area contributed by atoms with E-state index in [-0.39, 0.29) is 11.7 Å². The Morgan fingerprint density at radius 2 is 2.08 bits per heavy atom. The first-order valence-electron chi connectivity index (χ1n) is 8.86. The lowest BCUT2D eigenvalue weighted by molar-refractivity contribution is -0.132. The van der Waals surface area contributed by atoms with Crippen molar-refractivity contribution < 1.29 is 13.9 Å². The van der Waals surface area contributed by atoms with Crippen LogP contribution in [0, 0.1) is 5.82 Å². The first-order chi connectivity index (χ1) is 11.7. The summed E-state index contributed by atoms with van der Waals surface area (Å²) in [5.41, 5.74) is 1.44. The Labute approximate surface area is 142 Å². The molecule has 1 aromatic rings. The topological polar surface area (TPSA) is 44.8 Å². The van der Waals surface area contributed by atoms with Gasteiger partial charge in [0.1, 0.15) is 11.9 Å². The molecule has 24 heavy (non-hydrogen) atoms. The van der Waals surface area contributed by atoms with Crippen LogP contribution in [0.1, 0.15) is 26.2 Å². The van der Waals surface area contributed by atoms with Crippen LogP contribution in [0.3, 0.4) is 0 Å². The zero-order chi connectivity index (χ0) is 16.9. The van der Waals surface area contributed by atoms with E-state index in [9.17, 15) is 9.18 Å². The van der Waals surface area contributed by atoms with Crippen molar-refractivity contribution in [1.82, 2.24) is 4.90 Å². The third kappa shape index (κ3) is 4.05. The molecule has 1 aromatic carbocycles. The van der Waals surface area contributed by atoms with Crippen molar-refractivity contribution in [2.45, 2.75) is 32.3 Å². The highest BCUT2D eigenvalue weighted by molar-refractivity contribution is 5.97. The van der Waals surface area contributed by atoms with Gasteiger partial charge in [-0.1, -0.05) is 6.92 Å². The fourth-order valence-corrected chi connectivity index (χ4v) is 3.38. The van der Waals surface area contributed by atoms with Crippen LogP contribution < -0.4 is 10.2 Å². The maximum atomic E-state index is 13.7. The number of carbonyl (C=O) groups is 1. The van der Waals surface area contributed by atoms with Crippen molar-refractivity contribution in [2.24, 2.45) is 0 Å². The highest BCUT2D eigenvalue weighted by atomic mass is 19.1. The highest BCUT2D eigenvalue weighted by Gasteiger charge is 2.27. The number of likely N-dealkylation sites (N-methyl/N-ethyl adjacent to an activating group) is 1. The summed E-state index contributed by atoms with van der Waals surface area (Å²) in [6.45, 7) is 6.83. The molecule has 2 aliphatic heterocycles. The SMILES string of the molecule is CCN1CCO[C@@H](C(=O)Nc2cc(F)ccc2N2CCCCC2)C1. The minimum Gasteiger partial charge on any atom is -0.370 e. The number of benzene rings is 1. The second-order valence-electron chi connectivity index (χ2n) is 6.45. The lowest BCUT2D eigenvalue weighted by Gasteiger charge is -2.33. The second-order valence-corrected chi connectivity index (χ2v) is 6.45. The van der Waals surface area contributed by atoms with E-state index in [0.29, 0.717) is 18.8 Å². The van der Waals surface area contributed by atoms with Gasteiger partial charge in [0.25, 0.3) is 5.91 Å². The zero-order valence-electron chi connectivity index (χ0n) is 14.3. The lowest BCUT2D eigenvalue weighted by atomic mass is 10.1. The zero-order valence-corrected chi connectivity index (χ0v) is 14.3. The van der Waals surface area contributed by atoms with E-state index < -0.39 is 6.10 Å². The molecule has 3 rings (SSSR count). The van der Waals surface area contributed by atoms with Crippen LogP contribution in [0.4, 0.5) is 15.8 Å². The minimum atomic E-state index is -0.504. The number of nitrogens with zero attached hydrogens (tertiary/aromatic N) is 2. The van der Waals surface area contributed by atoms with Crippen LogP contribution >= 0.6 is 0 Å². The Hall–Kier alpha value is -1.66. The van der Waals surface area contributed by atoms with E-state index in [1.165, 1.54) is 18.6 Å². The van der Waals surface area contributed by atoms with Crippen LogP contribution in [0.25, 0.3) is 0 Å². The van der Waals surface area contributed by atoms with E-state index in [1.54, 1.807) is 6.07 Å². The number of piperidine rings is 1. The number of amides is 1. The summed E-state index contributed by atoms with van der Waals surface area (Å²) < 4.78 is 19.3. The molecule has 0 radical (unpaired) electrons. The van der Waals surface area contributed by atoms with E-state index in [0.717, 1.165) is 44.7 Å². The number of hydrogen-bond acceptors (Lipinski definition) is 4. The first kappa shape index (κ1) is 17.2. The van der Waals surface area contributed by atoms with Crippen molar-refractivity contribution in [3.05, 3.63) is 24.0 Å². The van der Waals surface area contributed by atoms with Gasteiger partial charge in [-0.2, -0.15) is 0 Å². The van der Waals surface area contributed by atoms with Crippen LogP contribution in [0.2, 0.25) is 0 Å². The lowest BCUT2D eigenvalue weighted by Crippen LogP contribution is -2.47. The summed E-state index contributed by atoms with van der Waals surface area (Å²) in [6.07, 6.45) is 2.97. The minimum absolute atomic E-state index is 0.197. The molecular weight excluding hydrogens is 309 g/mol. The first-order valence-corrected chi connectivity index (χ1v) is 8.86. The van der Waals surface area contributed by atoms with E-state index in [2.05, 4.69) is 22.0 Å². The molecule has 2 heterocycles. The van der Waals surface area contributed by atoms with Gasteiger partial charge in [-0.15, -0.1) is 0 Å². The van der Waals surface area contributed by atoms with Crippen molar-refractivity contribution in [2.75, 3.05) is 49.5 Å². The van der Waals surface area contributed by atoms with E-state index in [4.69, 9.17) is 4.74 Å². The van der Waals surface area contributed by atoms with Gasteiger partial charge in [-0.05, 0) is 44.0 Å². The molecule has 5 nitrogen and oxygen atoms in total. The van der Waals surface area contributed by atoms with Crippen LogP contribution in [0.15, 0.2) is 18.2 Å². The smallest absolute Gasteiger partial charge is 0.254 e. The molecule has 132 valence electrons. The molecule has 0 unspecified atom stereocenters. The van der Waals surface area contributed by atoms with Gasteiger partial charge >= 0.3 is 0 Å². The molecule has 2 fully saturated rings. The number of anilines is 2. The summed E-state index contributed by atoms with van der Waals surface area (Å²) in [7, 11) is 0. The number of ether oxygens (including phenoxy) is 1. The third-order valence-corrected chi connectivity index (χ3v) is 4.80. The monoisotopic (exact) mass is 335 g/mol. The summed E-state index contributed by atoms with van der Waals surface area (Å²) >= 11 is 0. The average molecular weight is 335 g/mol. The number of halogens is 1. The molecule has 1 N–H and O–H groups in total. The van der Waals surface area contributed by atoms with Gasteiger partial charge in [-0.25, -0.2) is 4.39 Å². The Morgan fingerprint density at radius 3 is 2.83 bits per heavy atom. The van der Waals surface area contributed by atoms with Crippen LogP contribution in [-0.2, 0) is 9.53 Å². The van der Waals surface area contributed by atoms with Gasteiger partial charge in [0, 0.05) is 26.2 Å². The average Bonchev–Trinajstić information content (AvgIpc) is 2.62. The number of rotatable bonds is 4. The van der Waals surface area contributed by atoms with Gasteiger partial charge in [0.2, 0.25) is 0 Å². The molecule has 0 spiro atoms. The number of morpholine rings is 1. The van der Waals surface area contributed by atoms with Crippen molar-refractivity contribution in [1.29, 1.82) is 0 Å². The number of nitrogens with one attached hydrogen (secondary N) is 1. The van der Waals surface area contributed by atoms with Crippen molar-refractivity contribution >= 4 is 17.3 Å². The quantitative estimate of drug-likeness (QED) is 0.918. The fraction of sp³-hybridized carbons (Fsp3) is 0.611. The molecule has 0 aromatic heterocycles. The largest absolute Gasteiger partial charge is 0.370 e. The second kappa shape index (κ2) is 7.94. The molecule has 2 saturated heterocycles. The summed E-state index contributed by atoms with van der Waals surface area (Å²) in [6, 6.07) is 4.62. The molecule has 1 atom stereocenters. The van der Waals surface area contributed by atoms with Crippen LogP contribution in [-0.4, -0.2) is 56.2 Å². The third-order valence-electron chi connectivity index (χ3n) is 4.80. The maximum Gasteiger partial charge on any atom is 0.254 e.